The Morgan fingerprint density at radius 2 is 1.79 bits per heavy atom. The van der Waals surface area contributed by atoms with Crippen LogP contribution in [0.1, 0.15) is 52.4 Å². The van der Waals surface area contributed by atoms with Crippen molar-refractivity contribution in [2.24, 2.45) is 0 Å². The van der Waals surface area contributed by atoms with Crippen LogP contribution in [-0.2, 0) is 13.1 Å². The van der Waals surface area contributed by atoms with Crippen molar-refractivity contribution in [1.29, 1.82) is 0 Å². The van der Waals surface area contributed by atoms with Gasteiger partial charge in [0.1, 0.15) is 0 Å². The van der Waals surface area contributed by atoms with Gasteiger partial charge in [0.2, 0.25) is 0 Å². The minimum atomic E-state index is 0.0155. The minimum Gasteiger partial charge on any atom is -0.352 e. The topological polar surface area (TPSA) is 44.4 Å². The van der Waals surface area contributed by atoms with Crippen LogP contribution in [0.2, 0.25) is 0 Å². The quantitative estimate of drug-likeness (QED) is 0.577. The lowest BCUT2D eigenvalue weighted by molar-refractivity contribution is 0.0953. The van der Waals surface area contributed by atoms with Crippen molar-refractivity contribution in [1.82, 2.24) is 15.5 Å². The van der Waals surface area contributed by atoms with Crippen molar-refractivity contribution in [2.45, 2.75) is 46.7 Å². The van der Waals surface area contributed by atoms with Gasteiger partial charge in [-0.3, -0.25) is 4.79 Å². The summed E-state index contributed by atoms with van der Waals surface area (Å²) in [6.45, 7) is 10.7. The third-order valence-corrected chi connectivity index (χ3v) is 4.68. The summed E-state index contributed by atoms with van der Waals surface area (Å²) in [6, 6.07) is 14.7. The number of benzene rings is 2. The number of aryl methyl sites for hydroxylation is 2. The van der Waals surface area contributed by atoms with E-state index in [9.17, 15) is 4.79 Å². The molecule has 4 heteroatoms. The fraction of sp³-hybridized carbons (Fsp3) is 0.458. The number of rotatable bonds is 11. The Bertz CT molecular complexity index is 757. The van der Waals surface area contributed by atoms with E-state index in [1.54, 1.807) is 0 Å². The second-order valence-electron chi connectivity index (χ2n) is 7.72. The van der Waals surface area contributed by atoms with E-state index in [-0.39, 0.29) is 5.91 Å². The van der Waals surface area contributed by atoms with Gasteiger partial charge < -0.3 is 15.5 Å². The van der Waals surface area contributed by atoms with E-state index in [1.165, 1.54) is 16.7 Å². The lowest BCUT2D eigenvalue weighted by Gasteiger charge is -2.16. The molecule has 0 atom stereocenters. The van der Waals surface area contributed by atoms with E-state index in [4.69, 9.17) is 0 Å². The van der Waals surface area contributed by atoms with Crippen molar-refractivity contribution in [2.75, 3.05) is 26.7 Å². The first kappa shape index (κ1) is 22.1. The molecule has 0 aromatic heterocycles. The standard InChI is InChI=1S/C24H35N3O/c1-5-12-27(4)18-22-14-20(3)15-23(16-22)24(28)26-11-7-10-25-17-21-9-6-8-19(2)13-21/h6,8-9,13-16,25H,5,7,10-12,17-18H2,1-4H3,(H,26,28). The summed E-state index contributed by atoms with van der Waals surface area (Å²) >= 11 is 0. The predicted octanol–water partition coefficient (Wildman–Crippen LogP) is 4.05. The largest absolute Gasteiger partial charge is 0.352 e. The molecule has 4 nitrogen and oxygen atoms in total. The SMILES string of the molecule is CCCN(C)Cc1cc(C)cc(C(=O)NCCCNCc2cccc(C)c2)c1. The van der Waals surface area contributed by atoms with Crippen LogP contribution < -0.4 is 10.6 Å². The molecule has 0 saturated carbocycles. The van der Waals surface area contributed by atoms with E-state index >= 15 is 0 Å². The molecule has 0 radical (unpaired) electrons. The highest BCUT2D eigenvalue weighted by Gasteiger charge is 2.08. The molecular formula is C24H35N3O. The monoisotopic (exact) mass is 381 g/mol. The second kappa shape index (κ2) is 11.6. The lowest BCUT2D eigenvalue weighted by atomic mass is 10.1. The number of nitrogens with zero attached hydrogens (tertiary/aromatic N) is 1. The molecule has 2 aromatic rings. The van der Waals surface area contributed by atoms with Crippen LogP contribution in [0.3, 0.4) is 0 Å². The highest BCUT2D eigenvalue weighted by atomic mass is 16.1. The van der Waals surface area contributed by atoms with E-state index in [0.717, 1.165) is 50.1 Å². The van der Waals surface area contributed by atoms with E-state index in [2.05, 4.69) is 73.7 Å². The molecule has 0 heterocycles. The second-order valence-corrected chi connectivity index (χ2v) is 7.72. The molecule has 0 bridgehead atoms. The number of amides is 1. The van der Waals surface area contributed by atoms with Crippen LogP contribution in [0.15, 0.2) is 42.5 Å². The van der Waals surface area contributed by atoms with Gasteiger partial charge in [-0.05, 0) is 70.1 Å². The summed E-state index contributed by atoms with van der Waals surface area (Å²) in [6.07, 6.45) is 2.04. The summed E-state index contributed by atoms with van der Waals surface area (Å²) < 4.78 is 0. The van der Waals surface area contributed by atoms with Crippen molar-refractivity contribution in [3.63, 3.8) is 0 Å². The van der Waals surface area contributed by atoms with Gasteiger partial charge in [0.05, 0.1) is 0 Å². The van der Waals surface area contributed by atoms with Crippen LogP contribution >= 0.6 is 0 Å². The van der Waals surface area contributed by atoms with Gasteiger partial charge >= 0.3 is 0 Å². The Morgan fingerprint density at radius 3 is 2.54 bits per heavy atom. The molecule has 0 aliphatic heterocycles. The average molecular weight is 382 g/mol. The first-order chi connectivity index (χ1) is 13.5. The van der Waals surface area contributed by atoms with Gasteiger partial charge in [-0.15, -0.1) is 0 Å². The molecule has 0 saturated heterocycles. The molecule has 2 N–H and O–H groups in total. The molecule has 152 valence electrons. The first-order valence-corrected chi connectivity index (χ1v) is 10.3. The molecule has 1 amide bonds. The summed E-state index contributed by atoms with van der Waals surface area (Å²) in [5.74, 6) is 0.0155. The molecular weight excluding hydrogens is 346 g/mol. The van der Waals surface area contributed by atoms with Gasteiger partial charge in [-0.1, -0.05) is 48.4 Å². The molecule has 0 unspecified atom stereocenters. The normalized spacial score (nSPS) is 11.0. The predicted molar refractivity (Wildman–Crippen MR) is 118 cm³/mol. The van der Waals surface area contributed by atoms with Crippen LogP contribution in [0, 0.1) is 13.8 Å². The number of carbonyl (C=O) groups is 1. The highest BCUT2D eigenvalue weighted by Crippen LogP contribution is 2.12. The van der Waals surface area contributed by atoms with Gasteiger partial charge in [0, 0.05) is 25.2 Å². The molecule has 28 heavy (non-hydrogen) atoms. The summed E-state index contributed by atoms with van der Waals surface area (Å²) in [7, 11) is 2.12. The number of hydrogen-bond donors (Lipinski definition) is 2. The molecule has 2 rings (SSSR count). The third kappa shape index (κ3) is 7.83. The van der Waals surface area contributed by atoms with Gasteiger partial charge in [0.25, 0.3) is 5.91 Å². The Morgan fingerprint density at radius 1 is 1.00 bits per heavy atom. The van der Waals surface area contributed by atoms with Gasteiger partial charge in [-0.25, -0.2) is 0 Å². The molecule has 0 aliphatic carbocycles. The van der Waals surface area contributed by atoms with Crippen molar-refractivity contribution >= 4 is 5.91 Å². The number of hydrogen-bond acceptors (Lipinski definition) is 3. The van der Waals surface area contributed by atoms with Gasteiger partial charge in [0.15, 0.2) is 0 Å². The molecule has 2 aromatic carbocycles. The van der Waals surface area contributed by atoms with Crippen molar-refractivity contribution in [3.05, 3.63) is 70.3 Å². The van der Waals surface area contributed by atoms with Crippen LogP contribution in [-0.4, -0.2) is 37.5 Å². The maximum absolute atomic E-state index is 12.5. The Labute approximate surface area is 170 Å². The van der Waals surface area contributed by atoms with E-state index in [0.29, 0.717) is 6.54 Å². The summed E-state index contributed by atoms with van der Waals surface area (Å²) in [5.41, 5.74) is 5.66. The highest BCUT2D eigenvalue weighted by molar-refractivity contribution is 5.94. The first-order valence-electron chi connectivity index (χ1n) is 10.3. The average Bonchev–Trinajstić information content (AvgIpc) is 2.64. The fourth-order valence-corrected chi connectivity index (χ4v) is 3.43. The van der Waals surface area contributed by atoms with Crippen molar-refractivity contribution < 1.29 is 4.79 Å². The van der Waals surface area contributed by atoms with E-state index < -0.39 is 0 Å². The summed E-state index contributed by atoms with van der Waals surface area (Å²) in [5, 5.41) is 6.48. The zero-order valence-corrected chi connectivity index (χ0v) is 17.8. The number of carbonyl (C=O) groups excluding carboxylic acids is 1. The molecule has 0 aliphatic rings. The Hall–Kier alpha value is -2.17. The van der Waals surface area contributed by atoms with E-state index in [1.807, 2.05) is 12.1 Å². The zero-order valence-electron chi connectivity index (χ0n) is 17.8. The maximum Gasteiger partial charge on any atom is 0.251 e. The molecule has 0 fully saturated rings. The lowest BCUT2D eigenvalue weighted by Crippen LogP contribution is -2.27. The molecule has 0 spiro atoms. The van der Waals surface area contributed by atoms with Crippen LogP contribution in [0.4, 0.5) is 0 Å². The van der Waals surface area contributed by atoms with Crippen molar-refractivity contribution in [3.8, 4) is 0 Å². The smallest absolute Gasteiger partial charge is 0.251 e. The Balaban J connectivity index is 1.74. The zero-order chi connectivity index (χ0) is 20.4. The fourth-order valence-electron chi connectivity index (χ4n) is 3.43. The van der Waals surface area contributed by atoms with Crippen LogP contribution in [0.25, 0.3) is 0 Å². The summed E-state index contributed by atoms with van der Waals surface area (Å²) in [4.78, 5) is 14.8. The maximum atomic E-state index is 12.5. The van der Waals surface area contributed by atoms with Crippen LogP contribution in [0.5, 0.6) is 0 Å². The van der Waals surface area contributed by atoms with Gasteiger partial charge in [-0.2, -0.15) is 0 Å². The number of nitrogens with one attached hydrogen (secondary N) is 2. The third-order valence-electron chi connectivity index (χ3n) is 4.68. The minimum absolute atomic E-state index is 0.0155. The Kier molecular flexibility index (Phi) is 9.18.